The lowest BCUT2D eigenvalue weighted by Crippen LogP contribution is -2.28. The van der Waals surface area contributed by atoms with Gasteiger partial charge in [0.15, 0.2) is 5.69 Å². The first kappa shape index (κ1) is 14.8. The van der Waals surface area contributed by atoms with Gasteiger partial charge in [0.05, 0.1) is 19.0 Å². The van der Waals surface area contributed by atoms with E-state index in [0.29, 0.717) is 25.5 Å². The number of rotatable bonds is 8. The third kappa shape index (κ3) is 5.77. The van der Waals surface area contributed by atoms with Crippen molar-refractivity contribution in [3.05, 3.63) is 18.1 Å². The number of carboxylic acids is 1. The van der Waals surface area contributed by atoms with Crippen LogP contribution in [0.15, 0.2) is 12.4 Å². The van der Waals surface area contributed by atoms with Crippen LogP contribution in [0.5, 0.6) is 0 Å². The molecule has 8 heteroatoms. The summed E-state index contributed by atoms with van der Waals surface area (Å²) in [4.78, 5) is 29.4. The number of carbonyl (C=O) groups is 2. The van der Waals surface area contributed by atoms with Crippen LogP contribution >= 0.6 is 0 Å². The van der Waals surface area contributed by atoms with Gasteiger partial charge in [-0.2, -0.15) is 0 Å². The van der Waals surface area contributed by atoms with Crippen molar-refractivity contribution in [3.8, 4) is 0 Å². The Hall–Kier alpha value is -2.22. The van der Waals surface area contributed by atoms with Crippen LogP contribution in [0.25, 0.3) is 0 Å². The van der Waals surface area contributed by atoms with Gasteiger partial charge in [0.1, 0.15) is 5.82 Å². The summed E-state index contributed by atoms with van der Waals surface area (Å²) in [5.74, 6) is -0.800. The van der Waals surface area contributed by atoms with Crippen LogP contribution in [0, 0.1) is 0 Å². The van der Waals surface area contributed by atoms with Gasteiger partial charge in [-0.1, -0.05) is 0 Å². The Morgan fingerprint density at radius 2 is 2.11 bits per heavy atom. The van der Waals surface area contributed by atoms with E-state index in [9.17, 15) is 9.59 Å². The number of hydrogen-bond acceptors (Lipinski definition) is 6. The molecule has 8 nitrogen and oxygen atoms in total. The van der Waals surface area contributed by atoms with E-state index in [0.717, 1.165) is 6.20 Å². The van der Waals surface area contributed by atoms with Crippen LogP contribution in [-0.4, -0.2) is 53.8 Å². The third-order valence-electron chi connectivity index (χ3n) is 2.16. The van der Waals surface area contributed by atoms with Crippen molar-refractivity contribution in [1.82, 2.24) is 15.3 Å². The molecule has 0 bridgehead atoms. The first-order valence-electron chi connectivity index (χ1n) is 5.68. The predicted molar refractivity (Wildman–Crippen MR) is 67.0 cm³/mol. The minimum atomic E-state index is -1.13. The highest BCUT2D eigenvalue weighted by Crippen LogP contribution is 2.00. The van der Waals surface area contributed by atoms with Gasteiger partial charge in [0.25, 0.3) is 0 Å². The second-order valence-electron chi connectivity index (χ2n) is 3.61. The first-order chi connectivity index (χ1) is 9.13. The Morgan fingerprint density at radius 3 is 2.68 bits per heavy atom. The SMILES string of the molecule is COCCNC(=O)CCNc1cnc(C(=O)O)cn1. The first-order valence-corrected chi connectivity index (χ1v) is 5.68. The lowest BCUT2D eigenvalue weighted by atomic mass is 10.4. The molecule has 0 saturated carbocycles. The molecule has 0 spiro atoms. The lowest BCUT2D eigenvalue weighted by Gasteiger charge is -2.06. The smallest absolute Gasteiger partial charge is 0.356 e. The number of amides is 1. The Morgan fingerprint density at radius 1 is 1.32 bits per heavy atom. The number of anilines is 1. The standard InChI is InChI=1S/C11H16N4O4/c1-19-5-4-13-10(16)2-3-12-9-7-14-8(6-15-9)11(17)18/h6-7H,2-5H2,1H3,(H,12,15)(H,13,16)(H,17,18). The van der Waals surface area contributed by atoms with Crippen molar-refractivity contribution in [2.75, 3.05) is 32.1 Å². The average Bonchev–Trinajstić information content (AvgIpc) is 2.39. The van der Waals surface area contributed by atoms with Crippen LogP contribution in [-0.2, 0) is 9.53 Å². The molecule has 0 atom stereocenters. The summed E-state index contributed by atoms with van der Waals surface area (Å²) in [6.07, 6.45) is 2.75. The molecule has 1 rings (SSSR count). The molecule has 19 heavy (non-hydrogen) atoms. The number of nitrogens with one attached hydrogen (secondary N) is 2. The van der Waals surface area contributed by atoms with Crippen LogP contribution in [0.3, 0.4) is 0 Å². The van der Waals surface area contributed by atoms with Gasteiger partial charge >= 0.3 is 5.97 Å². The van der Waals surface area contributed by atoms with E-state index < -0.39 is 5.97 Å². The molecule has 0 unspecified atom stereocenters. The third-order valence-corrected chi connectivity index (χ3v) is 2.16. The summed E-state index contributed by atoms with van der Waals surface area (Å²) < 4.78 is 4.80. The molecule has 0 aliphatic carbocycles. The molecule has 0 aliphatic rings. The summed E-state index contributed by atoms with van der Waals surface area (Å²) in [6, 6.07) is 0. The zero-order chi connectivity index (χ0) is 14.1. The number of methoxy groups -OCH3 is 1. The molecular formula is C11H16N4O4. The van der Waals surface area contributed by atoms with E-state index in [1.54, 1.807) is 7.11 Å². The molecule has 0 radical (unpaired) electrons. The fraction of sp³-hybridized carbons (Fsp3) is 0.455. The Balaban J connectivity index is 2.25. The van der Waals surface area contributed by atoms with E-state index >= 15 is 0 Å². The highest BCUT2D eigenvalue weighted by molar-refractivity contribution is 5.84. The second-order valence-corrected chi connectivity index (χ2v) is 3.61. The molecule has 0 aromatic carbocycles. The number of carboxylic acid groups (broad SMARTS) is 1. The van der Waals surface area contributed by atoms with Crippen molar-refractivity contribution in [1.29, 1.82) is 0 Å². The minimum Gasteiger partial charge on any atom is -0.476 e. The van der Waals surface area contributed by atoms with Crippen LogP contribution in [0.1, 0.15) is 16.9 Å². The van der Waals surface area contributed by atoms with Gasteiger partial charge in [-0.15, -0.1) is 0 Å². The highest BCUT2D eigenvalue weighted by Gasteiger charge is 2.05. The average molecular weight is 268 g/mol. The summed E-state index contributed by atoms with van der Waals surface area (Å²) in [6.45, 7) is 1.34. The van der Waals surface area contributed by atoms with Gasteiger partial charge < -0.3 is 20.5 Å². The van der Waals surface area contributed by atoms with Gasteiger partial charge in [0, 0.05) is 26.6 Å². The Labute approximate surface area is 110 Å². The molecule has 104 valence electrons. The molecular weight excluding hydrogens is 252 g/mol. The molecule has 1 aromatic heterocycles. The largest absolute Gasteiger partial charge is 0.476 e. The second kappa shape index (κ2) is 7.98. The van der Waals surface area contributed by atoms with Crippen molar-refractivity contribution in [2.24, 2.45) is 0 Å². The number of ether oxygens (including phenoxy) is 1. The van der Waals surface area contributed by atoms with E-state index in [4.69, 9.17) is 9.84 Å². The molecule has 1 heterocycles. The fourth-order valence-electron chi connectivity index (χ4n) is 1.21. The maximum atomic E-state index is 11.3. The number of nitrogens with zero attached hydrogens (tertiary/aromatic N) is 2. The number of carbonyl (C=O) groups excluding carboxylic acids is 1. The predicted octanol–water partition coefficient (Wildman–Crippen LogP) is -0.261. The van der Waals surface area contributed by atoms with Crippen LogP contribution in [0.4, 0.5) is 5.82 Å². The van der Waals surface area contributed by atoms with Crippen LogP contribution < -0.4 is 10.6 Å². The zero-order valence-electron chi connectivity index (χ0n) is 10.5. The highest BCUT2D eigenvalue weighted by atomic mass is 16.5. The normalized spacial score (nSPS) is 9.95. The van der Waals surface area contributed by atoms with E-state index in [1.807, 2.05) is 0 Å². The van der Waals surface area contributed by atoms with Crippen molar-refractivity contribution < 1.29 is 19.4 Å². The van der Waals surface area contributed by atoms with E-state index in [1.165, 1.54) is 6.20 Å². The molecule has 0 saturated heterocycles. The topological polar surface area (TPSA) is 113 Å². The molecule has 0 fully saturated rings. The van der Waals surface area contributed by atoms with Crippen LogP contribution in [0.2, 0.25) is 0 Å². The summed E-state index contributed by atoms with van der Waals surface area (Å²) in [5, 5.41) is 14.2. The summed E-state index contributed by atoms with van der Waals surface area (Å²) in [7, 11) is 1.56. The summed E-state index contributed by atoms with van der Waals surface area (Å²) in [5.41, 5.74) is -0.122. The number of hydrogen-bond donors (Lipinski definition) is 3. The molecule has 1 amide bonds. The Bertz CT molecular complexity index is 421. The maximum Gasteiger partial charge on any atom is 0.356 e. The van der Waals surface area contributed by atoms with E-state index in [2.05, 4.69) is 20.6 Å². The Kier molecular flexibility index (Phi) is 6.23. The number of aromatic carboxylic acids is 1. The van der Waals surface area contributed by atoms with Crippen molar-refractivity contribution >= 4 is 17.7 Å². The molecule has 1 aromatic rings. The minimum absolute atomic E-state index is 0.0975. The van der Waals surface area contributed by atoms with E-state index in [-0.39, 0.29) is 18.0 Å². The monoisotopic (exact) mass is 268 g/mol. The van der Waals surface area contributed by atoms with Crippen molar-refractivity contribution in [2.45, 2.75) is 6.42 Å². The van der Waals surface area contributed by atoms with Gasteiger partial charge in [0.2, 0.25) is 5.91 Å². The van der Waals surface area contributed by atoms with Gasteiger partial charge in [-0.05, 0) is 0 Å². The zero-order valence-corrected chi connectivity index (χ0v) is 10.5. The fourth-order valence-corrected chi connectivity index (χ4v) is 1.21. The lowest BCUT2D eigenvalue weighted by molar-refractivity contribution is -0.121. The molecule has 0 aliphatic heterocycles. The number of aromatic nitrogens is 2. The molecule has 3 N–H and O–H groups in total. The maximum absolute atomic E-state index is 11.3. The summed E-state index contributed by atoms with van der Waals surface area (Å²) >= 11 is 0. The van der Waals surface area contributed by atoms with Gasteiger partial charge in [-0.3, -0.25) is 4.79 Å². The van der Waals surface area contributed by atoms with Gasteiger partial charge in [-0.25, -0.2) is 14.8 Å². The van der Waals surface area contributed by atoms with Crippen molar-refractivity contribution in [3.63, 3.8) is 0 Å². The quantitative estimate of drug-likeness (QED) is 0.556.